The number of benzene rings is 4. The molecule has 4 aromatic carbocycles. The standard InChI is InChI=1S/C26H32ClN7OS.C24H27ClN4O2S.C23H22ClF3N4O2S.C23H25ClN4O2S/c1-16-17(2)36-26-23(16)24(19-5-7-20(27)8-6-19)29-21(25-31-30-18(3)34(25)26)15-22(35)28-9-10-33-13-11-32(4)12-14-33;1-7-18-27-28-22-17(12-19(30)31-24(4,5)6)26-21(15-8-10-16(25)11-9-15)20-13(2)14(3)32-23(20)29(18)22;1-11-12(2)34-20-17(11)18(13-6-8-14(24)9-7-13)28-15(10-16(32)33-22(3,4)5)19-29-30-21(31(19)20)23(25,26)27;1-12-13(2)31-22-19(12)20(15-7-9-16(24)10-8-15)25-17(11-18(29)30-23(4,5)6)21-27-26-14(3)28(21)22/h5-8,21H,9-15H2,1-4H3,(H,28,35);8-11,17H,7,12H2,1-6H3;6-9,15H,10H2,1-5H3;7-10,17H,11H2,1-6H3. The molecule has 12 aromatic rings. The summed E-state index contributed by atoms with van der Waals surface area (Å²) in [4.78, 5) is 80.6. The van der Waals surface area contributed by atoms with Crippen molar-refractivity contribution < 1.29 is 46.6 Å². The Balaban J connectivity index is 0.000000143. The molecule has 1 N–H and O–H groups in total. The van der Waals surface area contributed by atoms with E-state index in [1.54, 1.807) is 79.0 Å². The van der Waals surface area contributed by atoms with Gasteiger partial charge in [-0.05, 0) is 209 Å². The normalized spacial score (nSPS) is 16.5. The van der Waals surface area contributed by atoms with Crippen molar-refractivity contribution in [2.75, 3.05) is 46.3 Å². The summed E-state index contributed by atoms with van der Waals surface area (Å²) in [6.45, 7) is 44.3. The number of alkyl halides is 3. The van der Waals surface area contributed by atoms with Gasteiger partial charge in [-0.2, -0.15) is 13.2 Å². The molecule has 5 aliphatic heterocycles. The molecule has 17 rings (SSSR count). The Kier molecular flexibility index (Phi) is 29.6. The lowest BCUT2D eigenvalue weighted by molar-refractivity contribution is -0.156. The van der Waals surface area contributed by atoms with Gasteiger partial charge in [0.1, 0.15) is 78.4 Å². The third-order valence-electron chi connectivity index (χ3n) is 22.8. The van der Waals surface area contributed by atoms with Gasteiger partial charge in [-0.25, -0.2) is 0 Å². The van der Waals surface area contributed by atoms with Crippen molar-refractivity contribution in [1.29, 1.82) is 0 Å². The first-order valence-electron chi connectivity index (χ1n) is 43.6. The van der Waals surface area contributed by atoms with Crippen LogP contribution in [0.3, 0.4) is 0 Å². The number of carbonyl (C=O) groups is 4. The molecule has 4 atom stereocenters. The molecule has 0 aliphatic carbocycles. The van der Waals surface area contributed by atoms with Crippen LogP contribution >= 0.6 is 91.8 Å². The third-order valence-corrected chi connectivity index (χ3v) is 28.6. The van der Waals surface area contributed by atoms with Crippen LogP contribution < -0.4 is 5.32 Å². The summed E-state index contributed by atoms with van der Waals surface area (Å²) in [6, 6.07) is 27.4. The molecule has 0 radical (unpaired) electrons. The van der Waals surface area contributed by atoms with Crippen molar-refractivity contribution >= 4 is 138 Å². The van der Waals surface area contributed by atoms with Gasteiger partial charge in [-0.1, -0.05) is 102 Å². The monoisotopic (exact) mass is 1960 g/mol. The number of amides is 1. The maximum atomic E-state index is 14.0. The lowest BCUT2D eigenvalue weighted by Gasteiger charge is -2.32. The van der Waals surface area contributed by atoms with Gasteiger partial charge >= 0.3 is 24.1 Å². The van der Waals surface area contributed by atoms with E-state index in [4.69, 9.17) is 80.6 Å². The molecule has 5 aliphatic rings. The summed E-state index contributed by atoms with van der Waals surface area (Å²) >= 11 is 30.8. The van der Waals surface area contributed by atoms with Crippen LogP contribution in [0.2, 0.25) is 20.1 Å². The number of carbonyl (C=O) groups excluding carboxylic acids is 4. The molecular formula is C96H106Cl4F3N19O7S4. The number of rotatable bonds is 16. The number of aromatic nitrogens is 12. The fourth-order valence-electron chi connectivity index (χ4n) is 16.0. The number of hydrogen-bond donors (Lipinski definition) is 1. The molecular weight excluding hydrogens is 1860 g/mol. The Morgan fingerprint density at radius 1 is 0.398 bits per heavy atom. The van der Waals surface area contributed by atoms with Crippen molar-refractivity contribution in [2.45, 2.75) is 218 Å². The van der Waals surface area contributed by atoms with E-state index in [1.165, 1.54) is 37.1 Å². The predicted molar refractivity (Wildman–Crippen MR) is 521 cm³/mol. The van der Waals surface area contributed by atoms with Crippen LogP contribution in [0.15, 0.2) is 117 Å². The molecule has 1 fully saturated rings. The minimum absolute atomic E-state index is 0.0290. The number of likely N-dealkylation sites (N-methyl/N-ethyl adjacent to an activating group) is 1. The number of fused-ring (bicyclic) bond motifs is 12. The molecule has 700 valence electrons. The van der Waals surface area contributed by atoms with Gasteiger partial charge in [0.2, 0.25) is 11.7 Å². The van der Waals surface area contributed by atoms with Gasteiger partial charge in [0.05, 0.1) is 48.5 Å². The van der Waals surface area contributed by atoms with E-state index in [-0.39, 0.29) is 49.4 Å². The first kappa shape index (κ1) is 98.7. The van der Waals surface area contributed by atoms with E-state index in [9.17, 15) is 32.3 Å². The molecule has 4 unspecified atom stereocenters. The van der Waals surface area contributed by atoms with Crippen molar-refractivity contribution in [1.82, 2.24) is 74.2 Å². The van der Waals surface area contributed by atoms with E-state index >= 15 is 0 Å². The molecule has 8 aromatic heterocycles. The van der Waals surface area contributed by atoms with Crippen molar-refractivity contribution in [3.63, 3.8) is 0 Å². The van der Waals surface area contributed by atoms with Gasteiger partial charge in [-0.3, -0.25) is 62.3 Å². The summed E-state index contributed by atoms with van der Waals surface area (Å²) in [5, 5.41) is 42.8. The smallest absolute Gasteiger partial charge is 0.452 e. The van der Waals surface area contributed by atoms with E-state index in [2.05, 4.69) is 121 Å². The second-order valence-corrected chi connectivity index (χ2v) is 42.7. The second-order valence-electron chi connectivity index (χ2n) is 36.2. The van der Waals surface area contributed by atoms with Gasteiger partial charge in [-0.15, -0.1) is 86.1 Å². The topological polar surface area (TPSA) is 287 Å². The number of hydrogen-bond acceptors (Lipinski definition) is 25. The summed E-state index contributed by atoms with van der Waals surface area (Å²) < 4.78 is 65.7. The van der Waals surface area contributed by atoms with Crippen LogP contribution in [-0.2, 0) is 46.0 Å². The molecule has 0 spiro atoms. The summed E-state index contributed by atoms with van der Waals surface area (Å²) in [7, 11) is 2.15. The van der Waals surface area contributed by atoms with E-state index in [1.807, 2.05) is 147 Å². The third kappa shape index (κ3) is 22.1. The summed E-state index contributed by atoms with van der Waals surface area (Å²) in [6.07, 6.45) is -3.95. The maximum Gasteiger partial charge on any atom is 0.452 e. The quantitative estimate of drug-likeness (QED) is 0.0694. The number of esters is 3. The van der Waals surface area contributed by atoms with E-state index < -0.39 is 58.9 Å². The van der Waals surface area contributed by atoms with Crippen molar-refractivity contribution in [3.8, 4) is 20.0 Å². The van der Waals surface area contributed by atoms with Crippen LogP contribution in [0.25, 0.3) is 20.0 Å². The fraction of sp³-hybridized carbons (Fsp3) is 0.417. The molecule has 26 nitrogen and oxygen atoms in total. The first-order chi connectivity index (χ1) is 62.7. The van der Waals surface area contributed by atoms with Crippen molar-refractivity contribution in [3.05, 3.63) is 250 Å². The summed E-state index contributed by atoms with van der Waals surface area (Å²) in [5.74, 6) is 1.94. The van der Waals surface area contributed by atoms with E-state index in [0.29, 0.717) is 65.9 Å². The van der Waals surface area contributed by atoms with Gasteiger partial charge in [0.25, 0.3) is 0 Å². The Bertz CT molecular complexity index is 6530. The Morgan fingerprint density at radius 3 is 1.00 bits per heavy atom. The SMILES string of the molecule is CCc1nnc2n1-c1sc(C)c(C)c1C(c1ccc(Cl)cc1)=NC2CC(=O)OC(C)(C)C.Cc1sc2c(c1C)C(c1ccc(Cl)cc1)=NC(CC(=O)NCCN1CCN(C)CC1)c1nnc(C)n1-2.Cc1sc2c(c1C)C(c1ccc(Cl)cc1)=NC(CC(=O)OC(C)(C)C)c1nnc(C(F)(F)F)n1-2.Cc1sc2c(c1C)C(c1ccc(Cl)cc1)=NC(CC(=O)OC(C)(C)C)c1nnc(C)n1-2. The lowest BCUT2D eigenvalue weighted by Crippen LogP contribution is -2.47. The van der Waals surface area contributed by atoms with Gasteiger partial charge in [0.15, 0.2) is 23.3 Å². The van der Waals surface area contributed by atoms with Crippen LogP contribution in [0, 0.1) is 69.2 Å². The fourth-order valence-corrected chi connectivity index (χ4v) is 21.3. The Labute approximate surface area is 807 Å². The highest BCUT2D eigenvalue weighted by atomic mass is 35.5. The Morgan fingerprint density at radius 2 is 0.684 bits per heavy atom. The number of aryl methyl sites for hydroxylation is 7. The van der Waals surface area contributed by atoms with Crippen LogP contribution in [-0.4, -0.2) is 179 Å². The number of aliphatic imine (C=N–C) groups is 4. The lowest BCUT2D eigenvalue weighted by atomic mass is 9.99. The average Bonchev–Trinajstić information content (AvgIpc) is 1.59. The average molecular weight is 1970 g/mol. The second kappa shape index (κ2) is 39.9. The number of nitrogens with zero attached hydrogens (tertiary/aromatic N) is 18. The van der Waals surface area contributed by atoms with Crippen LogP contribution in [0.4, 0.5) is 13.2 Å². The molecule has 37 heteroatoms. The zero-order valence-corrected chi connectivity index (χ0v) is 84.3. The molecule has 1 amide bonds. The highest BCUT2D eigenvalue weighted by Gasteiger charge is 2.45. The minimum atomic E-state index is -4.75. The van der Waals surface area contributed by atoms with Crippen LogP contribution in [0.1, 0.15) is 252 Å². The summed E-state index contributed by atoms with van der Waals surface area (Å²) in [5.41, 5.74) is 12.6. The Hall–Kier alpha value is -10.3. The molecule has 1 saturated heterocycles. The van der Waals surface area contributed by atoms with Gasteiger partial charge < -0.3 is 24.4 Å². The first-order valence-corrected chi connectivity index (χ1v) is 48.4. The molecule has 133 heavy (non-hydrogen) atoms. The van der Waals surface area contributed by atoms with Crippen LogP contribution in [0.5, 0.6) is 0 Å². The molecule has 0 saturated carbocycles. The minimum Gasteiger partial charge on any atom is -0.460 e. The van der Waals surface area contributed by atoms with Crippen molar-refractivity contribution in [2.24, 2.45) is 20.0 Å². The number of ether oxygens (including phenoxy) is 3. The van der Waals surface area contributed by atoms with Gasteiger partial charge in [0, 0.05) is 130 Å². The molecule has 13 heterocycles. The number of thiophene rings is 4. The number of nitrogens with one attached hydrogen (secondary N) is 1. The molecule has 0 bridgehead atoms. The zero-order chi connectivity index (χ0) is 96.1. The maximum absolute atomic E-state index is 14.0. The van der Waals surface area contributed by atoms with E-state index in [0.717, 1.165) is 143 Å². The highest BCUT2D eigenvalue weighted by Crippen LogP contribution is 2.47. The number of piperazine rings is 1. The largest absolute Gasteiger partial charge is 0.460 e. The number of halogens is 7. The zero-order valence-electron chi connectivity index (χ0n) is 78.0. The highest BCUT2D eigenvalue weighted by molar-refractivity contribution is 7.16. The predicted octanol–water partition coefficient (Wildman–Crippen LogP) is 21.1.